The molecule has 1 N–H and O–H groups in total. The number of nitriles is 1. The van der Waals surface area contributed by atoms with E-state index >= 15 is 0 Å². The molecule has 1 aliphatic rings. The van der Waals surface area contributed by atoms with Crippen LogP contribution in [0.25, 0.3) is 0 Å². The number of benzene rings is 2. The summed E-state index contributed by atoms with van der Waals surface area (Å²) in [5, 5.41) is 12.5. The topological polar surface area (TPSA) is 54.3 Å². The molecule has 0 saturated carbocycles. The monoisotopic (exact) mass is 336 g/mol. The van der Waals surface area contributed by atoms with Gasteiger partial charge in [-0.2, -0.15) is 5.26 Å². The van der Waals surface area contributed by atoms with E-state index in [-0.39, 0.29) is 0 Å². The van der Waals surface area contributed by atoms with Gasteiger partial charge in [0.1, 0.15) is 12.4 Å². The maximum atomic E-state index is 8.96. The van der Waals surface area contributed by atoms with Crippen LogP contribution >= 0.6 is 0 Å². The first kappa shape index (κ1) is 17.5. The maximum Gasteiger partial charge on any atom is 0.120 e. The lowest BCUT2D eigenvalue weighted by molar-refractivity contribution is 0.0832. The second kappa shape index (κ2) is 8.66. The Morgan fingerprint density at radius 2 is 2.08 bits per heavy atom. The van der Waals surface area contributed by atoms with Crippen LogP contribution in [0.5, 0.6) is 5.75 Å². The summed E-state index contributed by atoms with van der Waals surface area (Å²) in [7, 11) is 0. The second-order valence-electron chi connectivity index (χ2n) is 6.47. The molecule has 4 nitrogen and oxygen atoms in total. The quantitative estimate of drug-likeness (QED) is 0.836. The first-order valence-electron chi connectivity index (χ1n) is 8.80. The Bertz CT molecular complexity index is 733. The molecule has 2 atom stereocenters. The van der Waals surface area contributed by atoms with Crippen molar-refractivity contribution in [1.29, 1.82) is 5.26 Å². The standard InChI is InChI=1S/C21H24N2O2/c1-16(21-9-4-10-24-21)23-14-18-6-3-8-20(12-18)25-15-19-7-2-5-17(11-19)13-22/h2-3,5-8,11-12,16,21,23H,4,9-10,14-15H2,1H3. The van der Waals surface area contributed by atoms with Crippen LogP contribution in [0, 0.1) is 11.3 Å². The number of ether oxygens (including phenoxy) is 2. The molecule has 3 rings (SSSR count). The average Bonchev–Trinajstić information content (AvgIpc) is 3.20. The Morgan fingerprint density at radius 3 is 2.88 bits per heavy atom. The number of nitrogens with zero attached hydrogens (tertiary/aromatic N) is 1. The van der Waals surface area contributed by atoms with Crippen LogP contribution in [0.2, 0.25) is 0 Å². The normalized spacial score (nSPS) is 17.8. The summed E-state index contributed by atoms with van der Waals surface area (Å²) in [6.45, 7) is 4.31. The van der Waals surface area contributed by atoms with E-state index in [1.165, 1.54) is 5.56 Å². The molecule has 25 heavy (non-hydrogen) atoms. The Morgan fingerprint density at radius 1 is 1.24 bits per heavy atom. The van der Waals surface area contributed by atoms with Gasteiger partial charge >= 0.3 is 0 Å². The molecule has 0 radical (unpaired) electrons. The van der Waals surface area contributed by atoms with Gasteiger partial charge < -0.3 is 14.8 Å². The van der Waals surface area contributed by atoms with E-state index < -0.39 is 0 Å². The largest absolute Gasteiger partial charge is 0.489 e. The van der Waals surface area contributed by atoms with Crippen molar-refractivity contribution in [2.45, 2.75) is 45.1 Å². The molecule has 0 amide bonds. The van der Waals surface area contributed by atoms with E-state index in [0.717, 1.165) is 37.3 Å². The lowest BCUT2D eigenvalue weighted by atomic mass is 10.1. The Balaban J connectivity index is 1.53. The van der Waals surface area contributed by atoms with Crippen molar-refractivity contribution in [1.82, 2.24) is 5.32 Å². The van der Waals surface area contributed by atoms with Crippen LogP contribution in [0.15, 0.2) is 48.5 Å². The molecular formula is C21H24N2O2. The third-order valence-electron chi connectivity index (χ3n) is 4.51. The summed E-state index contributed by atoms with van der Waals surface area (Å²) in [4.78, 5) is 0. The zero-order valence-corrected chi connectivity index (χ0v) is 14.6. The smallest absolute Gasteiger partial charge is 0.120 e. The second-order valence-corrected chi connectivity index (χ2v) is 6.47. The van der Waals surface area contributed by atoms with Crippen LogP contribution < -0.4 is 10.1 Å². The summed E-state index contributed by atoms with van der Waals surface area (Å²) in [6.07, 6.45) is 2.62. The van der Waals surface area contributed by atoms with E-state index in [9.17, 15) is 0 Å². The predicted molar refractivity (Wildman–Crippen MR) is 97.2 cm³/mol. The minimum atomic E-state index is 0.326. The highest BCUT2D eigenvalue weighted by Gasteiger charge is 2.21. The molecule has 1 saturated heterocycles. The molecule has 130 valence electrons. The highest BCUT2D eigenvalue weighted by Crippen LogP contribution is 2.18. The zero-order chi connectivity index (χ0) is 17.5. The Hall–Kier alpha value is -2.35. The number of hydrogen-bond acceptors (Lipinski definition) is 4. The molecule has 4 heteroatoms. The van der Waals surface area contributed by atoms with E-state index in [2.05, 4.69) is 30.4 Å². The molecule has 0 aliphatic carbocycles. The fourth-order valence-electron chi connectivity index (χ4n) is 3.05. The van der Waals surface area contributed by atoms with E-state index in [0.29, 0.717) is 24.3 Å². The van der Waals surface area contributed by atoms with Crippen LogP contribution in [0.3, 0.4) is 0 Å². The summed E-state index contributed by atoms with van der Waals surface area (Å²) in [6, 6.07) is 18.1. The summed E-state index contributed by atoms with van der Waals surface area (Å²) in [5.74, 6) is 0.839. The van der Waals surface area contributed by atoms with Gasteiger partial charge in [0.05, 0.1) is 17.7 Å². The fraction of sp³-hybridized carbons (Fsp3) is 0.381. The van der Waals surface area contributed by atoms with Gasteiger partial charge in [0.15, 0.2) is 0 Å². The third kappa shape index (κ3) is 5.06. The summed E-state index contributed by atoms with van der Waals surface area (Å²) >= 11 is 0. The van der Waals surface area contributed by atoms with Crippen molar-refractivity contribution in [3.63, 3.8) is 0 Å². The first-order valence-corrected chi connectivity index (χ1v) is 8.80. The van der Waals surface area contributed by atoms with Gasteiger partial charge in [0.25, 0.3) is 0 Å². The van der Waals surface area contributed by atoms with Gasteiger partial charge in [-0.15, -0.1) is 0 Å². The average molecular weight is 336 g/mol. The van der Waals surface area contributed by atoms with Gasteiger partial charge in [-0.25, -0.2) is 0 Å². The molecule has 1 heterocycles. The van der Waals surface area contributed by atoms with E-state index in [1.54, 1.807) is 6.07 Å². The summed E-state index contributed by atoms with van der Waals surface area (Å²) in [5.41, 5.74) is 2.84. The first-order chi connectivity index (χ1) is 12.2. The molecule has 2 unspecified atom stereocenters. The van der Waals surface area contributed by atoms with Gasteiger partial charge in [-0.3, -0.25) is 0 Å². The minimum Gasteiger partial charge on any atom is -0.489 e. The van der Waals surface area contributed by atoms with Crippen LogP contribution in [-0.4, -0.2) is 18.8 Å². The molecule has 1 aliphatic heterocycles. The fourth-order valence-corrected chi connectivity index (χ4v) is 3.05. The van der Waals surface area contributed by atoms with Crippen molar-refractivity contribution in [3.8, 4) is 11.8 Å². The van der Waals surface area contributed by atoms with Crippen molar-refractivity contribution in [3.05, 3.63) is 65.2 Å². The lowest BCUT2D eigenvalue weighted by Crippen LogP contribution is -2.36. The van der Waals surface area contributed by atoms with Crippen LogP contribution in [0.1, 0.15) is 36.5 Å². The minimum absolute atomic E-state index is 0.326. The van der Waals surface area contributed by atoms with Crippen molar-refractivity contribution < 1.29 is 9.47 Å². The van der Waals surface area contributed by atoms with Crippen LogP contribution in [0.4, 0.5) is 0 Å². The zero-order valence-electron chi connectivity index (χ0n) is 14.6. The highest BCUT2D eigenvalue weighted by atomic mass is 16.5. The number of nitrogens with one attached hydrogen (secondary N) is 1. The van der Waals surface area contributed by atoms with Crippen molar-refractivity contribution in [2.75, 3.05) is 6.61 Å². The number of rotatable bonds is 7. The molecule has 2 aromatic carbocycles. The van der Waals surface area contributed by atoms with Crippen molar-refractivity contribution >= 4 is 0 Å². The molecule has 0 spiro atoms. The maximum absolute atomic E-state index is 8.96. The van der Waals surface area contributed by atoms with E-state index in [4.69, 9.17) is 14.7 Å². The SMILES string of the molecule is CC(NCc1cccc(OCc2cccc(C#N)c2)c1)C1CCCO1. The van der Waals surface area contributed by atoms with E-state index in [1.807, 2.05) is 30.3 Å². The Kier molecular flexibility index (Phi) is 6.05. The summed E-state index contributed by atoms with van der Waals surface area (Å²) < 4.78 is 11.6. The number of hydrogen-bond donors (Lipinski definition) is 1. The predicted octanol–water partition coefficient (Wildman–Crippen LogP) is 3.79. The lowest BCUT2D eigenvalue weighted by Gasteiger charge is -2.20. The molecule has 1 fully saturated rings. The molecule has 2 aromatic rings. The van der Waals surface area contributed by atoms with Gasteiger partial charge in [0.2, 0.25) is 0 Å². The van der Waals surface area contributed by atoms with Gasteiger partial charge in [0, 0.05) is 19.2 Å². The Labute approximate surface area is 149 Å². The molecule has 0 bridgehead atoms. The third-order valence-corrected chi connectivity index (χ3v) is 4.51. The van der Waals surface area contributed by atoms with Gasteiger partial charge in [-0.1, -0.05) is 24.3 Å². The highest BCUT2D eigenvalue weighted by molar-refractivity contribution is 5.33. The molecule has 0 aromatic heterocycles. The van der Waals surface area contributed by atoms with Crippen molar-refractivity contribution in [2.24, 2.45) is 0 Å². The van der Waals surface area contributed by atoms with Gasteiger partial charge in [-0.05, 0) is 55.2 Å². The van der Waals surface area contributed by atoms with Crippen LogP contribution in [-0.2, 0) is 17.9 Å². The molecular weight excluding hydrogens is 312 g/mol.